The molecule has 0 aliphatic carbocycles. The van der Waals surface area contributed by atoms with Gasteiger partial charge in [0.2, 0.25) is 5.91 Å². The van der Waals surface area contributed by atoms with Crippen molar-refractivity contribution in [1.29, 1.82) is 0 Å². The number of hydrogen-bond acceptors (Lipinski definition) is 4. The fourth-order valence-corrected chi connectivity index (χ4v) is 3.25. The second-order valence-corrected chi connectivity index (χ2v) is 6.54. The highest BCUT2D eigenvalue weighted by atomic mass is 19.1. The van der Waals surface area contributed by atoms with Crippen LogP contribution in [0.15, 0.2) is 54.7 Å². The number of rotatable bonds is 4. The molecular formula is C21H18FN3O3. The predicted molar refractivity (Wildman–Crippen MR) is 101 cm³/mol. The van der Waals surface area contributed by atoms with Crippen molar-refractivity contribution in [2.75, 3.05) is 11.4 Å². The van der Waals surface area contributed by atoms with Crippen molar-refractivity contribution < 1.29 is 18.7 Å². The number of benzene rings is 2. The van der Waals surface area contributed by atoms with Crippen molar-refractivity contribution in [1.82, 2.24) is 9.78 Å². The third-order valence-electron chi connectivity index (χ3n) is 4.74. The van der Waals surface area contributed by atoms with Gasteiger partial charge < -0.3 is 9.64 Å². The molecule has 0 unspecified atom stereocenters. The molecule has 2 heterocycles. The van der Waals surface area contributed by atoms with Gasteiger partial charge in [-0.1, -0.05) is 12.1 Å². The van der Waals surface area contributed by atoms with Crippen LogP contribution in [0.5, 0.6) is 5.75 Å². The molecule has 1 saturated heterocycles. The third kappa shape index (κ3) is 3.26. The van der Waals surface area contributed by atoms with Crippen molar-refractivity contribution in [3.05, 3.63) is 71.8 Å². The van der Waals surface area contributed by atoms with E-state index >= 15 is 0 Å². The average molecular weight is 379 g/mol. The molecule has 0 atom stereocenters. The molecule has 6 nitrogen and oxygen atoms in total. The lowest BCUT2D eigenvalue weighted by atomic mass is 10.2. The van der Waals surface area contributed by atoms with Crippen LogP contribution in [0.3, 0.4) is 0 Å². The Morgan fingerprint density at radius 3 is 2.57 bits per heavy atom. The number of para-hydroxylation sites is 1. The molecule has 28 heavy (non-hydrogen) atoms. The zero-order valence-corrected chi connectivity index (χ0v) is 15.3. The minimum atomic E-state index is -0.579. The molecule has 1 aliphatic heterocycles. The normalized spacial score (nSPS) is 13.8. The molecule has 1 amide bonds. The van der Waals surface area contributed by atoms with Crippen molar-refractivity contribution in [3.8, 4) is 11.4 Å². The standard InChI is InChI=1S/C21H18FN3O3/c1-14-17(13-23-25(14)19-6-3-2-5-18(19)22)21(27)28-16-10-8-15(9-11-16)24-12-4-7-20(24)26/h2-3,5-6,8-11,13H,4,7,12H2,1H3. The van der Waals surface area contributed by atoms with Crippen molar-refractivity contribution in [3.63, 3.8) is 0 Å². The average Bonchev–Trinajstić information content (AvgIpc) is 3.28. The lowest BCUT2D eigenvalue weighted by Crippen LogP contribution is -2.23. The summed E-state index contributed by atoms with van der Waals surface area (Å²) in [5, 5.41) is 4.12. The monoisotopic (exact) mass is 379 g/mol. The number of aromatic nitrogens is 2. The van der Waals surface area contributed by atoms with E-state index in [4.69, 9.17) is 4.74 Å². The SMILES string of the molecule is Cc1c(C(=O)Oc2ccc(N3CCCC3=O)cc2)cnn1-c1ccccc1F. The van der Waals surface area contributed by atoms with Gasteiger partial charge in [0.05, 0.1) is 11.9 Å². The summed E-state index contributed by atoms with van der Waals surface area (Å²) in [5.74, 6) is -0.551. The van der Waals surface area contributed by atoms with E-state index in [-0.39, 0.29) is 17.2 Å². The highest BCUT2D eigenvalue weighted by Gasteiger charge is 2.22. The first-order chi connectivity index (χ1) is 13.5. The molecule has 0 N–H and O–H groups in total. The number of ether oxygens (including phenoxy) is 1. The molecule has 1 aliphatic rings. The Morgan fingerprint density at radius 1 is 1.14 bits per heavy atom. The van der Waals surface area contributed by atoms with Gasteiger partial charge in [0.25, 0.3) is 0 Å². The van der Waals surface area contributed by atoms with E-state index in [1.807, 2.05) is 0 Å². The smallest absolute Gasteiger partial charge is 0.347 e. The number of carbonyl (C=O) groups excluding carboxylic acids is 2. The fourth-order valence-electron chi connectivity index (χ4n) is 3.25. The van der Waals surface area contributed by atoms with Gasteiger partial charge in [-0.2, -0.15) is 5.10 Å². The summed E-state index contributed by atoms with van der Waals surface area (Å²) >= 11 is 0. The van der Waals surface area contributed by atoms with Gasteiger partial charge in [-0.05, 0) is 49.7 Å². The molecule has 2 aromatic carbocycles. The number of carbonyl (C=O) groups is 2. The zero-order chi connectivity index (χ0) is 19.7. The zero-order valence-electron chi connectivity index (χ0n) is 15.3. The second-order valence-electron chi connectivity index (χ2n) is 6.54. The quantitative estimate of drug-likeness (QED) is 0.513. The summed E-state index contributed by atoms with van der Waals surface area (Å²) in [6, 6.07) is 13.0. The maximum atomic E-state index is 14.0. The van der Waals surface area contributed by atoms with Crippen molar-refractivity contribution in [2.24, 2.45) is 0 Å². The minimum Gasteiger partial charge on any atom is -0.423 e. The molecule has 7 heteroatoms. The van der Waals surface area contributed by atoms with E-state index in [2.05, 4.69) is 5.10 Å². The number of hydrogen-bond donors (Lipinski definition) is 0. The van der Waals surface area contributed by atoms with Crippen LogP contribution in [0, 0.1) is 12.7 Å². The number of nitrogens with zero attached hydrogens (tertiary/aromatic N) is 3. The Kier molecular flexibility index (Phi) is 4.65. The molecule has 0 bridgehead atoms. The molecule has 0 spiro atoms. The summed E-state index contributed by atoms with van der Waals surface area (Å²) in [6.45, 7) is 2.38. The first-order valence-electron chi connectivity index (χ1n) is 8.97. The van der Waals surface area contributed by atoms with Crippen LogP contribution in [0.2, 0.25) is 0 Å². The molecule has 142 valence electrons. The van der Waals surface area contributed by atoms with Gasteiger partial charge in [0, 0.05) is 18.7 Å². The number of halogens is 1. The lowest BCUT2D eigenvalue weighted by molar-refractivity contribution is -0.117. The van der Waals surface area contributed by atoms with Crippen LogP contribution < -0.4 is 9.64 Å². The van der Waals surface area contributed by atoms with E-state index in [0.29, 0.717) is 24.4 Å². The van der Waals surface area contributed by atoms with Crippen LogP contribution >= 0.6 is 0 Å². The largest absolute Gasteiger partial charge is 0.423 e. The molecule has 1 aromatic heterocycles. The Balaban J connectivity index is 1.51. The van der Waals surface area contributed by atoms with E-state index in [9.17, 15) is 14.0 Å². The maximum Gasteiger partial charge on any atom is 0.347 e. The number of amides is 1. The fraction of sp³-hybridized carbons (Fsp3) is 0.190. The number of anilines is 1. The summed E-state index contributed by atoms with van der Waals surface area (Å²) in [4.78, 5) is 26.0. The van der Waals surface area contributed by atoms with Gasteiger partial charge in [-0.25, -0.2) is 13.9 Å². The predicted octanol–water partition coefficient (Wildman–Crippen LogP) is 3.67. The second kappa shape index (κ2) is 7.26. The van der Waals surface area contributed by atoms with Crippen LogP contribution in [-0.4, -0.2) is 28.2 Å². The van der Waals surface area contributed by atoms with Crippen LogP contribution in [0.1, 0.15) is 28.9 Å². The van der Waals surface area contributed by atoms with Gasteiger partial charge in [0.15, 0.2) is 0 Å². The topological polar surface area (TPSA) is 64.4 Å². The molecule has 1 fully saturated rings. The molecule has 0 saturated carbocycles. The van der Waals surface area contributed by atoms with E-state index in [1.54, 1.807) is 54.3 Å². The van der Waals surface area contributed by atoms with Crippen molar-refractivity contribution >= 4 is 17.6 Å². The first kappa shape index (κ1) is 17.9. The Bertz CT molecular complexity index is 1040. The molecule has 4 rings (SSSR count). The first-order valence-corrected chi connectivity index (χ1v) is 8.97. The highest BCUT2D eigenvalue weighted by Crippen LogP contribution is 2.25. The summed E-state index contributed by atoms with van der Waals surface area (Å²) < 4.78 is 20.8. The molecule has 3 aromatic rings. The Labute approximate surface area is 161 Å². The third-order valence-corrected chi connectivity index (χ3v) is 4.74. The number of esters is 1. The van der Waals surface area contributed by atoms with Gasteiger partial charge >= 0.3 is 5.97 Å². The minimum absolute atomic E-state index is 0.0981. The van der Waals surface area contributed by atoms with Gasteiger partial charge in [-0.3, -0.25) is 4.79 Å². The lowest BCUT2D eigenvalue weighted by Gasteiger charge is -2.15. The molecular weight excluding hydrogens is 361 g/mol. The Hall–Kier alpha value is -3.48. The highest BCUT2D eigenvalue weighted by molar-refractivity contribution is 5.95. The van der Waals surface area contributed by atoms with Crippen LogP contribution in [-0.2, 0) is 4.79 Å². The van der Waals surface area contributed by atoms with Crippen LogP contribution in [0.4, 0.5) is 10.1 Å². The Morgan fingerprint density at radius 2 is 1.89 bits per heavy atom. The van der Waals surface area contributed by atoms with Gasteiger partial charge in [-0.15, -0.1) is 0 Å². The molecule has 0 radical (unpaired) electrons. The van der Waals surface area contributed by atoms with Gasteiger partial charge in [0.1, 0.15) is 22.8 Å². The summed E-state index contributed by atoms with van der Waals surface area (Å²) in [5.41, 5.74) is 1.78. The van der Waals surface area contributed by atoms with E-state index in [0.717, 1.165) is 12.1 Å². The van der Waals surface area contributed by atoms with Crippen LogP contribution in [0.25, 0.3) is 5.69 Å². The van der Waals surface area contributed by atoms with Crippen molar-refractivity contribution in [2.45, 2.75) is 19.8 Å². The maximum absolute atomic E-state index is 14.0. The summed E-state index contributed by atoms with van der Waals surface area (Å²) in [7, 11) is 0. The van der Waals surface area contributed by atoms with E-state index < -0.39 is 11.8 Å². The van der Waals surface area contributed by atoms with E-state index in [1.165, 1.54) is 16.9 Å². The summed E-state index contributed by atoms with van der Waals surface area (Å²) in [6.07, 6.45) is 2.77.